The molecule has 0 heterocycles. The van der Waals surface area contributed by atoms with Crippen LogP contribution in [0, 0.1) is 13.8 Å². The van der Waals surface area contributed by atoms with Gasteiger partial charge in [0, 0.05) is 11.6 Å². The molecule has 0 saturated heterocycles. The molecule has 0 fully saturated rings. The number of aryl methyl sites for hydroxylation is 2. The van der Waals surface area contributed by atoms with Crippen molar-refractivity contribution < 1.29 is 14.3 Å². The van der Waals surface area contributed by atoms with Gasteiger partial charge in [0.1, 0.15) is 11.5 Å². The van der Waals surface area contributed by atoms with Crippen LogP contribution < -0.4 is 14.8 Å². The number of rotatable bonds is 4. The molecule has 0 aromatic heterocycles. The molecule has 2 aromatic rings. The van der Waals surface area contributed by atoms with Crippen LogP contribution in [0.1, 0.15) is 21.5 Å². The third-order valence-electron chi connectivity index (χ3n) is 3.42. The third-order valence-corrected chi connectivity index (χ3v) is 3.42. The lowest BCUT2D eigenvalue weighted by atomic mass is 10.1. The molecule has 110 valence electrons. The highest BCUT2D eigenvalue weighted by Crippen LogP contribution is 2.29. The van der Waals surface area contributed by atoms with Gasteiger partial charge in [-0.15, -0.1) is 0 Å². The second-order valence-corrected chi connectivity index (χ2v) is 4.82. The summed E-state index contributed by atoms with van der Waals surface area (Å²) in [5.41, 5.74) is 3.44. The number of nitrogens with one attached hydrogen (secondary N) is 1. The Morgan fingerprint density at radius 2 is 1.71 bits per heavy atom. The van der Waals surface area contributed by atoms with Gasteiger partial charge in [0.15, 0.2) is 0 Å². The molecule has 0 aliphatic rings. The highest BCUT2D eigenvalue weighted by atomic mass is 16.5. The van der Waals surface area contributed by atoms with Gasteiger partial charge in [0.05, 0.1) is 19.9 Å². The van der Waals surface area contributed by atoms with Crippen LogP contribution >= 0.6 is 0 Å². The number of carbonyl (C=O) groups is 1. The Labute approximate surface area is 124 Å². The summed E-state index contributed by atoms with van der Waals surface area (Å²) in [6.45, 7) is 4.00. The molecule has 0 atom stereocenters. The van der Waals surface area contributed by atoms with Crippen molar-refractivity contribution in [2.75, 3.05) is 19.5 Å². The van der Waals surface area contributed by atoms with Crippen LogP contribution in [-0.4, -0.2) is 20.1 Å². The summed E-state index contributed by atoms with van der Waals surface area (Å²) in [4.78, 5) is 12.3. The maximum atomic E-state index is 12.3. The molecular weight excluding hydrogens is 266 g/mol. The quantitative estimate of drug-likeness (QED) is 0.934. The zero-order valence-corrected chi connectivity index (χ0v) is 12.7. The van der Waals surface area contributed by atoms with Crippen LogP contribution in [0.2, 0.25) is 0 Å². The fraction of sp³-hybridized carbons (Fsp3) is 0.235. The van der Waals surface area contributed by atoms with Crippen LogP contribution in [0.3, 0.4) is 0 Å². The summed E-state index contributed by atoms with van der Waals surface area (Å²) >= 11 is 0. The van der Waals surface area contributed by atoms with Crippen molar-refractivity contribution in [1.82, 2.24) is 0 Å². The van der Waals surface area contributed by atoms with Gasteiger partial charge < -0.3 is 14.8 Å². The molecule has 0 radical (unpaired) electrons. The number of amides is 1. The first-order valence-electron chi connectivity index (χ1n) is 6.65. The summed E-state index contributed by atoms with van der Waals surface area (Å²) < 4.78 is 10.4. The predicted octanol–water partition coefficient (Wildman–Crippen LogP) is 3.57. The first-order chi connectivity index (χ1) is 10.0. The minimum absolute atomic E-state index is 0.176. The number of methoxy groups -OCH3 is 2. The second kappa shape index (κ2) is 6.31. The lowest BCUT2D eigenvalue weighted by Gasteiger charge is -2.12. The second-order valence-electron chi connectivity index (χ2n) is 4.82. The number of benzene rings is 2. The van der Waals surface area contributed by atoms with Crippen molar-refractivity contribution >= 4 is 11.6 Å². The molecule has 0 aliphatic heterocycles. The van der Waals surface area contributed by atoms with E-state index in [2.05, 4.69) is 5.32 Å². The molecule has 0 saturated carbocycles. The monoisotopic (exact) mass is 285 g/mol. The van der Waals surface area contributed by atoms with Crippen molar-refractivity contribution in [3.8, 4) is 11.5 Å². The molecule has 0 aliphatic carbocycles. The van der Waals surface area contributed by atoms with Crippen molar-refractivity contribution in [3.05, 3.63) is 53.1 Å². The number of anilines is 1. The molecule has 0 bridgehead atoms. The predicted molar refractivity (Wildman–Crippen MR) is 83.4 cm³/mol. The maximum absolute atomic E-state index is 12.3. The Kier molecular flexibility index (Phi) is 4.48. The van der Waals surface area contributed by atoms with Crippen molar-refractivity contribution in [2.24, 2.45) is 0 Å². The minimum Gasteiger partial charge on any atom is -0.497 e. The highest BCUT2D eigenvalue weighted by Gasteiger charge is 2.11. The van der Waals surface area contributed by atoms with Gasteiger partial charge in [-0.25, -0.2) is 0 Å². The molecule has 2 aromatic carbocycles. The van der Waals surface area contributed by atoms with Crippen molar-refractivity contribution in [1.29, 1.82) is 0 Å². The number of carbonyl (C=O) groups excluding carboxylic acids is 1. The average Bonchev–Trinajstić information content (AvgIpc) is 2.49. The van der Waals surface area contributed by atoms with Gasteiger partial charge in [-0.3, -0.25) is 4.79 Å². The topological polar surface area (TPSA) is 47.6 Å². The van der Waals surface area contributed by atoms with Gasteiger partial charge in [-0.05, 0) is 49.2 Å². The standard InChI is InChI=1S/C17H19NO3/c1-11-5-6-13(9-12(11)2)17(19)18-15-10-14(20-3)7-8-16(15)21-4/h5-10H,1-4H3,(H,18,19). The van der Waals surface area contributed by atoms with E-state index >= 15 is 0 Å². The molecule has 21 heavy (non-hydrogen) atoms. The number of ether oxygens (including phenoxy) is 2. The van der Waals surface area contributed by atoms with E-state index in [1.807, 2.05) is 32.0 Å². The molecule has 1 N–H and O–H groups in total. The maximum Gasteiger partial charge on any atom is 0.255 e. The van der Waals surface area contributed by atoms with E-state index in [0.717, 1.165) is 11.1 Å². The zero-order valence-electron chi connectivity index (χ0n) is 12.7. The van der Waals surface area contributed by atoms with E-state index in [1.54, 1.807) is 32.4 Å². The van der Waals surface area contributed by atoms with Gasteiger partial charge in [-0.2, -0.15) is 0 Å². The lowest BCUT2D eigenvalue weighted by molar-refractivity contribution is 0.102. The van der Waals surface area contributed by atoms with Crippen LogP contribution in [0.25, 0.3) is 0 Å². The Balaban J connectivity index is 2.28. The largest absolute Gasteiger partial charge is 0.497 e. The lowest BCUT2D eigenvalue weighted by Crippen LogP contribution is -2.13. The molecule has 4 heteroatoms. The summed E-state index contributed by atoms with van der Waals surface area (Å²) in [5.74, 6) is 1.07. The van der Waals surface area contributed by atoms with E-state index in [-0.39, 0.29) is 5.91 Å². The van der Waals surface area contributed by atoms with Crippen LogP contribution in [0.4, 0.5) is 5.69 Å². The van der Waals surface area contributed by atoms with Crippen LogP contribution in [0.5, 0.6) is 11.5 Å². The van der Waals surface area contributed by atoms with Crippen LogP contribution in [-0.2, 0) is 0 Å². The summed E-state index contributed by atoms with van der Waals surface area (Å²) in [6.07, 6.45) is 0. The van der Waals surface area contributed by atoms with E-state index in [0.29, 0.717) is 22.7 Å². The molecule has 4 nitrogen and oxygen atoms in total. The minimum atomic E-state index is -0.176. The summed E-state index contributed by atoms with van der Waals surface area (Å²) in [7, 11) is 3.14. The van der Waals surface area contributed by atoms with Gasteiger partial charge in [0.2, 0.25) is 0 Å². The molecule has 1 amide bonds. The summed E-state index contributed by atoms with van der Waals surface area (Å²) in [6, 6.07) is 10.9. The zero-order chi connectivity index (χ0) is 15.4. The molecule has 0 unspecified atom stereocenters. The smallest absolute Gasteiger partial charge is 0.255 e. The van der Waals surface area contributed by atoms with E-state index in [1.165, 1.54) is 0 Å². The van der Waals surface area contributed by atoms with Gasteiger partial charge in [0.25, 0.3) is 5.91 Å². The molecule has 2 rings (SSSR count). The summed E-state index contributed by atoms with van der Waals surface area (Å²) in [5, 5.41) is 2.86. The highest BCUT2D eigenvalue weighted by molar-refractivity contribution is 6.05. The van der Waals surface area contributed by atoms with Gasteiger partial charge >= 0.3 is 0 Å². The van der Waals surface area contributed by atoms with Crippen molar-refractivity contribution in [3.63, 3.8) is 0 Å². The fourth-order valence-corrected chi connectivity index (χ4v) is 1.99. The van der Waals surface area contributed by atoms with E-state index in [9.17, 15) is 4.79 Å². The van der Waals surface area contributed by atoms with E-state index in [4.69, 9.17) is 9.47 Å². The Hall–Kier alpha value is -2.49. The normalized spacial score (nSPS) is 10.1. The number of hydrogen-bond acceptors (Lipinski definition) is 3. The Morgan fingerprint density at radius 3 is 2.33 bits per heavy atom. The van der Waals surface area contributed by atoms with Crippen molar-refractivity contribution in [2.45, 2.75) is 13.8 Å². The molecule has 0 spiro atoms. The number of hydrogen-bond donors (Lipinski definition) is 1. The SMILES string of the molecule is COc1ccc(OC)c(NC(=O)c2ccc(C)c(C)c2)c1. The van der Waals surface area contributed by atoms with Crippen LogP contribution in [0.15, 0.2) is 36.4 Å². The first-order valence-corrected chi connectivity index (χ1v) is 6.65. The first kappa shape index (κ1) is 14.9. The fourth-order valence-electron chi connectivity index (χ4n) is 1.99. The molecular formula is C17H19NO3. The van der Waals surface area contributed by atoms with Gasteiger partial charge in [-0.1, -0.05) is 6.07 Å². The third kappa shape index (κ3) is 3.34. The Morgan fingerprint density at radius 1 is 0.952 bits per heavy atom. The average molecular weight is 285 g/mol. The Bertz CT molecular complexity index is 665. The van der Waals surface area contributed by atoms with E-state index < -0.39 is 0 Å².